The van der Waals surface area contributed by atoms with Gasteiger partial charge in [-0.2, -0.15) is 4.31 Å². The Morgan fingerprint density at radius 2 is 1.87 bits per heavy atom. The largest absolute Gasteiger partial charge is 0.360 e. The van der Waals surface area contributed by atoms with Crippen LogP contribution in [0.4, 0.5) is 0 Å². The van der Waals surface area contributed by atoms with Crippen molar-refractivity contribution in [2.75, 3.05) is 32.7 Å². The van der Waals surface area contributed by atoms with Crippen molar-refractivity contribution in [3.63, 3.8) is 0 Å². The van der Waals surface area contributed by atoms with Gasteiger partial charge in [0.15, 0.2) is 5.76 Å². The number of hydrogen-bond acceptors (Lipinski definition) is 6. The van der Waals surface area contributed by atoms with Gasteiger partial charge in [-0.1, -0.05) is 5.16 Å². The zero-order chi connectivity index (χ0) is 16.5. The number of nitrogens with two attached hydrogens (primary N) is 1. The van der Waals surface area contributed by atoms with E-state index < -0.39 is 10.0 Å². The molecule has 2 rings (SSSR count). The quantitative estimate of drug-likeness (QED) is 0.859. The van der Waals surface area contributed by atoms with Crippen molar-refractivity contribution < 1.29 is 12.9 Å². The number of halogens is 1. The monoisotopic (exact) mass is 366 g/mol. The molecule has 2 heterocycles. The van der Waals surface area contributed by atoms with Gasteiger partial charge in [0.05, 0.1) is 0 Å². The molecule has 134 valence electrons. The molecule has 1 aromatic heterocycles. The van der Waals surface area contributed by atoms with Crippen LogP contribution in [-0.4, -0.2) is 61.0 Å². The average Bonchev–Trinajstić information content (AvgIpc) is 2.59. The summed E-state index contributed by atoms with van der Waals surface area (Å²) < 4.78 is 32.2. The molecule has 0 amide bonds. The number of aromatic nitrogens is 1. The van der Waals surface area contributed by atoms with Gasteiger partial charge >= 0.3 is 0 Å². The molecule has 0 atom stereocenters. The molecule has 0 unspecified atom stereocenters. The van der Waals surface area contributed by atoms with Crippen LogP contribution in [0, 0.1) is 13.8 Å². The highest BCUT2D eigenvalue weighted by Crippen LogP contribution is 2.24. The third-order valence-corrected chi connectivity index (χ3v) is 5.89. The van der Waals surface area contributed by atoms with Crippen LogP contribution in [0.5, 0.6) is 0 Å². The van der Waals surface area contributed by atoms with E-state index in [2.05, 4.69) is 10.1 Å². The summed E-state index contributed by atoms with van der Waals surface area (Å²) in [5.41, 5.74) is 6.20. The van der Waals surface area contributed by atoms with Crippen LogP contribution in [0.1, 0.15) is 31.7 Å². The maximum absolute atomic E-state index is 12.8. The lowest BCUT2D eigenvalue weighted by molar-refractivity contribution is 0.235. The van der Waals surface area contributed by atoms with Gasteiger partial charge in [0, 0.05) is 31.7 Å². The summed E-state index contributed by atoms with van der Waals surface area (Å²) in [7, 11) is -3.55. The first-order valence-corrected chi connectivity index (χ1v) is 8.99. The molecular formula is C14H27ClN4O3S. The molecule has 1 aliphatic rings. The van der Waals surface area contributed by atoms with E-state index in [0.29, 0.717) is 31.1 Å². The van der Waals surface area contributed by atoms with Crippen LogP contribution in [-0.2, 0) is 10.0 Å². The lowest BCUT2D eigenvalue weighted by Gasteiger charge is -2.28. The highest BCUT2D eigenvalue weighted by atomic mass is 35.5. The molecule has 0 spiro atoms. The van der Waals surface area contributed by atoms with Crippen molar-refractivity contribution >= 4 is 22.4 Å². The third kappa shape index (κ3) is 4.90. The Balaban J connectivity index is 0.00000264. The fourth-order valence-electron chi connectivity index (χ4n) is 2.89. The summed E-state index contributed by atoms with van der Waals surface area (Å²) in [6.45, 7) is 10.5. The molecule has 1 aromatic rings. The molecule has 2 N–H and O–H groups in total. The number of rotatable bonds is 4. The molecule has 0 saturated carbocycles. The molecule has 0 aromatic carbocycles. The first kappa shape index (κ1) is 20.4. The molecule has 7 nitrogen and oxygen atoms in total. The van der Waals surface area contributed by atoms with Gasteiger partial charge in [-0.05, 0) is 40.7 Å². The lowest BCUT2D eigenvalue weighted by atomic mass is 10.1. The predicted molar refractivity (Wildman–Crippen MR) is 91.3 cm³/mol. The molecule has 0 aliphatic carbocycles. The lowest BCUT2D eigenvalue weighted by Crippen LogP contribution is -2.46. The van der Waals surface area contributed by atoms with Crippen LogP contribution in [0.2, 0.25) is 0 Å². The molecular weight excluding hydrogens is 340 g/mol. The van der Waals surface area contributed by atoms with E-state index in [9.17, 15) is 8.42 Å². The van der Waals surface area contributed by atoms with Gasteiger partial charge in [-0.15, -0.1) is 12.4 Å². The number of hydrogen-bond donors (Lipinski definition) is 1. The zero-order valence-electron chi connectivity index (χ0n) is 14.2. The second-order valence-electron chi connectivity index (χ2n) is 6.68. The Morgan fingerprint density at radius 1 is 1.22 bits per heavy atom. The second-order valence-corrected chi connectivity index (χ2v) is 8.55. The minimum Gasteiger partial charge on any atom is -0.360 e. The maximum atomic E-state index is 12.8. The fraction of sp³-hybridized carbons (Fsp3) is 0.786. The van der Waals surface area contributed by atoms with E-state index in [1.54, 1.807) is 13.8 Å². The van der Waals surface area contributed by atoms with Crippen LogP contribution < -0.4 is 5.73 Å². The van der Waals surface area contributed by atoms with Crippen molar-refractivity contribution in [2.24, 2.45) is 5.73 Å². The summed E-state index contributed by atoms with van der Waals surface area (Å²) in [6.07, 6.45) is 0.790. The van der Waals surface area contributed by atoms with Crippen molar-refractivity contribution in [1.29, 1.82) is 0 Å². The standard InChI is InChI=1S/C14H26N4O3S.ClH/c1-11-13(12(2)21-16-11)22(19,20)18-7-5-6-17(8-9-18)10-14(3,4)15;/h5-10,15H2,1-4H3;1H. The highest BCUT2D eigenvalue weighted by molar-refractivity contribution is 7.89. The highest BCUT2D eigenvalue weighted by Gasteiger charge is 2.32. The van der Waals surface area contributed by atoms with E-state index >= 15 is 0 Å². The molecule has 1 saturated heterocycles. The van der Waals surface area contributed by atoms with Crippen molar-refractivity contribution in [2.45, 2.75) is 44.6 Å². The summed E-state index contributed by atoms with van der Waals surface area (Å²) >= 11 is 0. The molecule has 23 heavy (non-hydrogen) atoms. The molecule has 9 heteroatoms. The summed E-state index contributed by atoms with van der Waals surface area (Å²) in [5.74, 6) is 0.349. The smallest absolute Gasteiger partial charge is 0.248 e. The Kier molecular flexibility index (Phi) is 6.63. The van der Waals surface area contributed by atoms with E-state index in [1.165, 1.54) is 4.31 Å². The molecule has 0 bridgehead atoms. The van der Waals surface area contributed by atoms with E-state index in [0.717, 1.165) is 19.5 Å². The Bertz CT molecular complexity index is 605. The van der Waals surface area contributed by atoms with E-state index in [4.69, 9.17) is 10.3 Å². The Hall–Kier alpha value is -0.670. The zero-order valence-corrected chi connectivity index (χ0v) is 15.8. The molecule has 1 aliphatic heterocycles. The van der Waals surface area contributed by atoms with Crippen LogP contribution in [0.15, 0.2) is 9.42 Å². The van der Waals surface area contributed by atoms with Crippen molar-refractivity contribution in [1.82, 2.24) is 14.4 Å². The number of aryl methyl sites for hydroxylation is 2. The topological polar surface area (TPSA) is 92.7 Å². The summed E-state index contributed by atoms with van der Waals surface area (Å²) in [6, 6.07) is 0. The van der Waals surface area contributed by atoms with Crippen molar-refractivity contribution in [3.8, 4) is 0 Å². The Morgan fingerprint density at radius 3 is 2.39 bits per heavy atom. The van der Waals surface area contributed by atoms with Crippen LogP contribution >= 0.6 is 12.4 Å². The predicted octanol–water partition coefficient (Wildman–Crippen LogP) is 1.15. The normalized spacial score (nSPS) is 18.5. The average molecular weight is 367 g/mol. The maximum Gasteiger partial charge on any atom is 0.248 e. The SMILES string of the molecule is Cc1noc(C)c1S(=O)(=O)N1CCCN(CC(C)(C)N)CC1.Cl. The van der Waals surface area contributed by atoms with Gasteiger partial charge in [0.25, 0.3) is 0 Å². The first-order valence-electron chi connectivity index (χ1n) is 7.55. The van der Waals surface area contributed by atoms with Gasteiger partial charge in [-0.25, -0.2) is 8.42 Å². The fourth-order valence-corrected chi connectivity index (χ4v) is 4.65. The van der Waals surface area contributed by atoms with Gasteiger partial charge in [0.1, 0.15) is 10.6 Å². The van der Waals surface area contributed by atoms with Gasteiger partial charge < -0.3 is 15.2 Å². The number of nitrogens with zero attached hydrogens (tertiary/aromatic N) is 3. The molecule has 0 radical (unpaired) electrons. The van der Waals surface area contributed by atoms with E-state index in [1.807, 2.05) is 13.8 Å². The van der Waals surface area contributed by atoms with Crippen LogP contribution in [0.25, 0.3) is 0 Å². The van der Waals surface area contributed by atoms with Gasteiger partial charge in [0.2, 0.25) is 10.0 Å². The minimum atomic E-state index is -3.55. The van der Waals surface area contributed by atoms with Gasteiger partial charge in [-0.3, -0.25) is 0 Å². The Labute approximate surface area is 144 Å². The second kappa shape index (κ2) is 7.48. The van der Waals surface area contributed by atoms with E-state index in [-0.39, 0.29) is 22.8 Å². The number of sulfonamides is 1. The van der Waals surface area contributed by atoms with Crippen molar-refractivity contribution in [3.05, 3.63) is 11.5 Å². The summed E-state index contributed by atoms with van der Waals surface area (Å²) in [5, 5.41) is 3.76. The third-order valence-electron chi connectivity index (χ3n) is 3.74. The summed E-state index contributed by atoms with van der Waals surface area (Å²) in [4.78, 5) is 2.43. The van der Waals surface area contributed by atoms with Crippen LogP contribution in [0.3, 0.4) is 0 Å². The first-order chi connectivity index (χ1) is 10.1. The molecule has 1 fully saturated rings. The minimum absolute atomic E-state index is 0.